The van der Waals surface area contributed by atoms with E-state index in [-0.39, 0.29) is 0 Å². The highest BCUT2D eigenvalue weighted by Gasteiger charge is 2.20. The van der Waals surface area contributed by atoms with E-state index in [1.165, 1.54) is 38.5 Å². The summed E-state index contributed by atoms with van der Waals surface area (Å²) in [7, 11) is 0. The van der Waals surface area contributed by atoms with Gasteiger partial charge in [-0.25, -0.2) is 0 Å². The third-order valence-corrected chi connectivity index (χ3v) is 4.12. The molecule has 2 rings (SSSR count). The first-order chi connectivity index (χ1) is 7.45. The summed E-state index contributed by atoms with van der Waals surface area (Å²) >= 11 is 0. The van der Waals surface area contributed by atoms with Crippen LogP contribution in [0.1, 0.15) is 70.6 Å². The predicted octanol–water partition coefficient (Wildman–Crippen LogP) is 5.34. The van der Waals surface area contributed by atoms with Crippen LogP contribution in [0.15, 0.2) is 13.2 Å². The standard InChI is InChI=1S/C13H24.C2H4/c1-3-7-12(8-4-1)11-13-9-5-2-6-10-13;1-2/h12-13H,1-11H2;1-2H2. The second-order valence-electron chi connectivity index (χ2n) is 5.24. The lowest BCUT2D eigenvalue weighted by atomic mass is 9.78. The molecule has 0 aromatic rings. The summed E-state index contributed by atoms with van der Waals surface area (Å²) in [6, 6.07) is 0. The first kappa shape index (κ1) is 12.8. The quantitative estimate of drug-likeness (QED) is 0.537. The van der Waals surface area contributed by atoms with E-state index in [0.29, 0.717) is 0 Å². The molecule has 15 heavy (non-hydrogen) atoms. The van der Waals surface area contributed by atoms with Crippen molar-refractivity contribution in [1.82, 2.24) is 0 Å². The van der Waals surface area contributed by atoms with Gasteiger partial charge in [-0.1, -0.05) is 64.2 Å². The second kappa shape index (κ2) is 7.96. The maximum Gasteiger partial charge on any atom is -0.0412 e. The van der Waals surface area contributed by atoms with E-state index in [9.17, 15) is 0 Å². The Morgan fingerprint density at radius 3 is 1.27 bits per heavy atom. The molecule has 0 aliphatic heterocycles. The van der Waals surface area contributed by atoms with Gasteiger partial charge in [-0.2, -0.15) is 0 Å². The van der Waals surface area contributed by atoms with E-state index >= 15 is 0 Å². The first-order valence-electron chi connectivity index (χ1n) is 6.95. The van der Waals surface area contributed by atoms with Gasteiger partial charge in [-0.05, 0) is 18.3 Å². The Morgan fingerprint density at radius 1 is 0.600 bits per heavy atom. The van der Waals surface area contributed by atoms with Gasteiger partial charge < -0.3 is 0 Å². The van der Waals surface area contributed by atoms with Crippen molar-refractivity contribution in [2.24, 2.45) is 11.8 Å². The Hall–Kier alpha value is -0.260. The SMILES string of the molecule is C1CCC(CC2CCCCC2)CC1.C=C. The Bertz CT molecular complexity index is 122. The third kappa shape index (κ3) is 4.86. The van der Waals surface area contributed by atoms with Crippen molar-refractivity contribution in [3.8, 4) is 0 Å². The molecular weight excluding hydrogens is 180 g/mol. The molecule has 0 N–H and O–H groups in total. The van der Waals surface area contributed by atoms with Crippen molar-refractivity contribution < 1.29 is 0 Å². The van der Waals surface area contributed by atoms with E-state index in [0.717, 1.165) is 11.8 Å². The van der Waals surface area contributed by atoms with E-state index in [2.05, 4.69) is 13.2 Å². The summed E-state index contributed by atoms with van der Waals surface area (Å²) in [5.74, 6) is 2.24. The van der Waals surface area contributed by atoms with Gasteiger partial charge in [-0.15, -0.1) is 13.2 Å². The fraction of sp³-hybridized carbons (Fsp3) is 0.867. The monoisotopic (exact) mass is 208 g/mol. The van der Waals surface area contributed by atoms with E-state index in [1.807, 2.05) is 0 Å². The minimum atomic E-state index is 1.12. The van der Waals surface area contributed by atoms with E-state index in [1.54, 1.807) is 32.1 Å². The molecule has 88 valence electrons. The molecule has 0 unspecified atom stereocenters. The molecular formula is C15H28. The summed E-state index contributed by atoms with van der Waals surface area (Å²) in [6.07, 6.45) is 16.9. The molecule has 0 spiro atoms. The Labute approximate surface area is 96.2 Å². The van der Waals surface area contributed by atoms with Gasteiger partial charge in [0.2, 0.25) is 0 Å². The highest BCUT2D eigenvalue weighted by molar-refractivity contribution is 4.73. The van der Waals surface area contributed by atoms with Crippen LogP contribution in [-0.2, 0) is 0 Å². The lowest BCUT2D eigenvalue weighted by Crippen LogP contribution is -2.14. The molecule has 0 atom stereocenters. The van der Waals surface area contributed by atoms with Crippen LogP contribution in [0.5, 0.6) is 0 Å². The van der Waals surface area contributed by atoms with Crippen molar-refractivity contribution in [2.75, 3.05) is 0 Å². The normalized spacial score (nSPS) is 24.3. The molecule has 0 aromatic heterocycles. The van der Waals surface area contributed by atoms with Gasteiger partial charge in [0.1, 0.15) is 0 Å². The van der Waals surface area contributed by atoms with E-state index < -0.39 is 0 Å². The van der Waals surface area contributed by atoms with E-state index in [4.69, 9.17) is 0 Å². The van der Waals surface area contributed by atoms with Gasteiger partial charge in [0, 0.05) is 0 Å². The molecule has 0 amide bonds. The van der Waals surface area contributed by atoms with Crippen LogP contribution in [0.3, 0.4) is 0 Å². The average Bonchev–Trinajstić information content (AvgIpc) is 2.34. The molecule has 0 saturated heterocycles. The van der Waals surface area contributed by atoms with Crippen LogP contribution in [0.25, 0.3) is 0 Å². The summed E-state index contributed by atoms with van der Waals surface area (Å²) in [6.45, 7) is 6.00. The van der Waals surface area contributed by atoms with Crippen LogP contribution >= 0.6 is 0 Å². The minimum absolute atomic E-state index is 1.12. The Balaban J connectivity index is 0.000000531. The smallest absolute Gasteiger partial charge is 0.0412 e. The zero-order valence-corrected chi connectivity index (χ0v) is 10.3. The highest BCUT2D eigenvalue weighted by Crippen LogP contribution is 2.34. The number of hydrogen-bond acceptors (Lipinski definition) is 0. The van der Waals surface area contributed by atoms with Crippen molar-refractivity contribution >= 4 is 0 Å². The largest absolute Gasteiger partial charge is 0.106 e. The minimum Gasteiger partial charge on any atom is -0.106 e. The maximum absolute atomic E-state index is 3.00. The highest BCUT2D eigenvalue weighted by atomic mass is 14.3. The number of rotatable bonds is 2. The molecule has 0 heterocycles. The molecule has 0 aromatic carbocycles. The van der Waals surface area contributed by atoms with Gasteiger partial charge in [0.05, 0.1) is 0 Å². The van der Waals surface area contributed by atoms with Crippen molar-refractivity contribution in [2.45, 2.75) is 70.6 Å². The molecule has 0 bridgehead atoms. The third-order valence-electron chi connectivity index (χ3n) is 4.12. The van der Waals surface area contributed by atoms with Crippen molar-refractivity contribution in [3.05, 3.63) is 13.2 Å². The lowest BCUT2D eigenvalue weighted by molar-refractivity contribution is 0.244. The summed E-state index contributed by atoms with van der Waals surface area (Å²) in [5, 5.41) is 0. The summed E-state index contributed by atoms with van der Waals surface area (Å²) < 4.78 is 0. The van der Waals surface area contributed by atoms with Crippen molar-refractivity contribution in [1.29, 1.82) is 0 Å². The lowest BCUT2D eigenvalue weighted by Gasteiger charge is -2.28. The molecule has 2 fully saturated rings. The van der Waals surface area contributed by atoms with Gasteiger partial charge in [0.25, 0.3) is 0 Å². The molecule has 0 nitrogen and oxygen atoms in total. The van der Waals surface area contributed by atoms with Crippen LogP contribution in [-0.4, -0.2) is 0 Å². The summed E-state index contributed by atoms with van der Waals surface area (Å²) in [4.78, 5) is 0. The number of hydrogen-bond donors (Lipinski definition) is 0. The van der Waals surface area contributed by atoms with Gasteiger partial charge >= 0.3 is 0 Å². The Kier molecular flexibility index (Phi) is 6.80. The summed E-state index contributed by atoms with van der Waals surface area (Å²) in [5.41, 5.74) is 0. The van der Waals surface area contributed by atoms with Crippen LogP contribution in [0.2, 0.25) is 0 Å². The van der Waals surface area contributed by atoms with Crippen molar-refractivity contribution in [3.63, 3.8) is 0 Å². The van der Waals surface area contributed by atoms with Crippen LogP contribution < -0.4 is 0 Å². The molecule has 0 heteroatoms. The predicted molar refractivity (Wildman–Crippen MR) is 69.0 cm³/mol. The fourth-order valence-corrected chi connectivity index (χ4v) is 3.32. The molecule has 0 radical (unpaired) electrons. The zero-order chi connectivity index (χ0) is 10.9. The van der Waals surface area contributed by atoms with Crippen LogP contribution in [0.4, 0.5) is 0 Å². The second-order valence-corrected chi connectivity index (χ2v) is 5.24. The zero-order valence-electron chi connectivity index (χ0n) is 10.3. The maximum atomic E-state index is 3.00. The average molecular weight is 208 g/mol. The fourth-order valence-electron chi connectivity index (χ4n) is 3.32. The first-order valence-corrected chi connectivity index (χ1v) is 6.95. The van der Waals surface area contributed by atoms with Crippen LogP contribution in [0, 0.1) is 11.8 Å². The Morgan fingerprint density at radius 2 is 0.933 bits per heavy atom. The topological polar surface area (TPSA) is 0 Å². The molecule has 2 aliphatic carbocycles. The molecule has 2 aliphatic rings. The van der Waals surface area contributed by atoms with Gasteiger partial charge in [-0.3, -0.25) is 0 Å². The van der Waals surface area contributed by atoms with Gasteiger partial charge in [0.15, 0.2) is 0 Å². The molecule has 2 saturated carbocycles.